The zero-order chi connectivity index (χ0) is 26.8. The largest absolute Gasteiger partial charge is 0.375 e. The van der Waals surface area contributed by atoms with E-state index in [1.165, 1.54) is 19.2 Å². The molecule has 1 amide bonds. The van der Waals surface area contributed by atoms with Crippen LogP contribution in [0.15, 0.2) is 79.0 Å². The summed E-state index contributed by atoms with van der Waals surface area (Å²) in [6, 6.07) is 21.6. The summed E-state index contributed by atoms with van der Waals surface area (Å²) in [6.07, 6.45) is 1.77. The van der Waals surface area contributed by atoms with Gasteiger partial charge < -0.3 is 24.8 Å². The first-order valence-electron chi connectivity index (χ1n) is 12.2. The molecule has 1 saturated heterocycles. The van der Waals surface area contributed by atoms with Gasteiger partial charge in [0.05, 0.1) is 17.8 Å². The van der Waals surface area contributed by atoms with Crippen LogP contribution in [0.3, 0.4) is 0 Å². The average Bonchev–Trinajstić information content (AvgIpc) is 3.40. The van der Waals surface area contributed by atoms with Crippen molar-refractivity contribution in [3.63, 3.8) is 0 Å². The molecule has 1 fully saturated rings. The molecule has 0 radical (unpaired) electrons. The van der Waals surface area contributed by atoms with E-state index in [1.54, 1.807) is 12.3 Å². The standard InChI is InChI=1S/C29H28FN5O2S/c1-18-15-24(19(2)34(18)23-8-6-7-20(30)16-23)28-27(25-9-4-5-14-31-25)33-29(38)35(28)22-12-10-21(11-13-22)32-26(36)17-37-3/h4-16,27-28H,17H2,1-3H3,(H,32,36)(H,33,38)/t27-,28+/m1/s1. The van der Waals surface area contributed by atoms with Crippen molar-refractivity contribution in [2.24, 2.45) is 0 Å². The van der Waals surface area contributed by atoms with Gasteiger partial charge in [0.25, 0.3) is 0 Å². The number of ether oxygens (including phenoxy) is 1. The molecular formula is C29H28FN5O2S. The first kappa shape index (κ1) is 25.6. The highest BCUT2D eigenvalue weighted by Gasteiger charge is 2.42. The van der Waals surface area contributed by atoms with Gasteiger partial charge in [0.15, 0.2) is 5.11 Å². The molecule has 0 spiro atoms. The van der Waals surface area contributed by atoms with Gasteiger partial charge in [-0.2, -0.15) is 0 Å². The molecule has 7 nitrogen and oxygen atoms in total. The number of hydrogen-bond donors (Lipinski definition) is 2. The van der Waals surface area contributed by atoms with E-state index in [9.17, 15) is 9.18 Å². The second kappa shape index (κ2) is 10.7. The van der Waals surface area contributed by atoms with Crippen molar-refractivity contribution in [1.82, 2.24) is 14.9 Å². The number of carbonyl (C=O) groups is 1. The van der Waals surface area contributed by atoms with E-state index < -0.39 is 0 Å². The van der Waals surface area contributed by atoms with Gasteiger partial charge in [-0.15, -0.1) is 0 Å². The summed E-state index contributed by atoms with van der Waals surface area (Å²) in [5.41, 5.74) is 6.17. The van der Waals surface area contributed by atoms with E-state index in [4.69, 9.17) is 17.0 Å². The summed E-state index contributed by atoms with van der Waals surface area (Å²) in [7, 11) is 1.48. The van der Waals surface area contributed by atoms with Crippen LogP contribution in [0.5, 0.6) is 0 Å². The number of halogens is 1. The predicted molar refractivity (Wildman–Crippen MR) is 150 cm³/mol. The third kappa shape index (κ3) is 4.90. The van der Waals surface area contributed by atoms with E-state index >= 15 is 0 Å². The van der Waals surface area contributed by atoms with Gasteiger partial charge in [0.2, 0.25) is 5.91 Å². The van der Waals surface area contributed by atoms with Crippen molar-refractivity contribution in [2.45, 2.75) is 25.9 Å². The highest BCUT2D eigenvalue weighted by atomic mass is 32.1. The number of pyridine rings is 1. The number of nitrogens with zero attached hydrogens (tertiary/aromatic N) is 3. The Balaban J connectivity index is 1.58. The molecule has 0 aliphatic carbocycles. The Morgan fingerprint density at radius 2 is 1.87 bits per heavy atom. The van der Waals surface area contributed by atoms with Gasteiger partial charge >= 0.3 is 0 Å². The molecule has 0 saturated carbocycles. The minimum absolute atomic E-state index is 0.0172. The van der Waals surface area contributed by atoms with Crippen LogP contribution in [0.4, 0.5) is 15.8 Å². The van der Waals surface area contributed by atoms with Crippen molar-refractivity contribution in [1.29, 1.82) is 0 Å². The first-order valence-corrected chi connectivity index (χ1v) is 12.6. The van der Waals surface area contributed by atoms with Gasteiger partial charge in [0, 0.05) is 41.8 Å². The number of aryl methyl sites for hydroxylation is 1. The zero-order valence-corrected chi connectivity index (χ0v) is 22.1. The lowest BCUT2D eigenvalue weighted by Gasteiger charge is -2.28. The SMILES string of the molecule is COCC(=O)Nc1ccc(N2C(=S)N[C@H](c3ccccn3)[C@@H]2c2cc(C)n(-c3cccc(F)c3)c2C)cc1. The molecule has 2 N–H and O–H groups in total. The summed E-state index contributed by atoms with van der Waals surface area (Å²) in [5, 5.41) is 6.86. The fourth-order valence-corrected chi connectivity index (χ4v) is 5.43. The van der Waals surface area contributed by atoms with Crippen LogP contribution in [-0.4, -0.2) is 34.3 Å². The van der Waals surface area contributed by atoms with Crippen LogP contribution in [-0.2, 0) is 9.53 Å². The van der Waals surface area contributed by atoms with E-state index in [-0.39, 0.29) is 30.4 Å². The maximum Gasteiger partial charge on any atom is 0.250 e. The van der Waals surface area contributed by atoms with Crippen molar-refractivity contribution < 1.29 is 13.9 Å². The number of methoxy groups -OCH3 is 1. The number of carbonyl (C=O) groups excluding carboxylic acids is 1. The number of hydrogen-bond acceptors (Lipinski definition) is 4. The van der Waals surface area contributed by atoms with Crippen molar-refractivity contribution in [2.75, 3.05) is 23.9 Å². The maximum atomic E-state index is 14.1. The van der Waals surface area contributed by atoms with Crippen LogP contribution < -0.4 is 15.5 Å². The Bertz CT molecular complexity index is 1470. The van der Waals surface area contributed by atoms with Crippen LogP contribution >= 0.6 is 12.2 Å². The molecule has 9 heteroatoms. The molecule has 4 aromatic rings. The average molecular weight is 530 g/mol. The first-order chi connectivity index (χ1) is 18.4. The number of aromatic nitrogens is 2. The zero-order valence-electron chi connectivity index (χ0n) is 21.3. The van der Waals surface area contributed by atoms with Gasteiger partial charge in [-0.05, 0) is 92.3 Å². The Morgan fingerprint density at radius 1 is 1.08 bits per heavy atom. The van der Waals surface area contributed by atoms with E-state index in [0.717, 1.165) is 34.0 Å². The van der Waals surface area contributed by atoms with E-state index in [1.807, 2.05) is 62.4 Å². The Kier molecular flexibility index (Phi) is 7.22. The highest BCUT2D eigenvalue weighted by molar-refractivity contribution is 7.80. The molecule has 194 valence electrons. The molecule has 0 bridgehead atoms. The minimum Gasteiger partial charge on any atom is -0.375 e. The Labute approximate surface area is 226 Å². The summed E-state index contributed by atoms with van der Waals surface area (Å²) < 4.78 is 21.1. The molecule has 2 aromatic heterocycles. The fourth-order valence-electron chi connectivity index (χ4n) is 5.08. The highest BCUT2D eigenvalue weighted by Crippen LogP contribution is 2.43. The Morgan fingerprint density at radius 3 is 2.55 bits per heavy atom. The maximum absolute atomic E-state index is 14.1. The summed E-state index contributed by atoms with van der Waals surface area (Å²) >= 11 is 5.85. The molecule has 38 heavy (non-hydrogen) atoms. The van der Waals surface area contributed by atoms with E-state index in [0.29, 0.717) is 10.8 Å². The number of amides is 1. The van der Waals surface area contributed by atoms with E-state index in [2.05, 4.69) is 31.2 Å². The molecule has 2 aromatic carbocycles. The molecule has 0 unspecified atom stereocenters. The normalized spacial score (nSPS) is 16.9. The summed E-state index contributed by atoms with van der Waals surface area (Å²) in [6.45, 7) is 4.03. The second-order valence-electron chi connectivity index (χ2n) is 9.17. The summed E-state index contributed by atoms with van der Waals surface area (Å²) in [4.78, 5) is 18.6. The van der Waals surface area contributed by atoms with Crippen molar-refractivity contribution in [3.05, 3.63) is 107 Å². The number of thiocarbonyl (C=S) groups is 1. The number of rotatable bonds is 7. The quantitative estimate of drug-likeness (QED) is 0.313. The molecular weight excluding hydrogens is 501 g/mol. The Hall–Kier alpha value is -4.08. The smallest absolute Gasteiger partial charge is 0.250 e. The lowest BCUT2D eigenvalue weighted by molar-refractivity contribution is -0.119. The lowest BCUT2D eigenvalue weighted by atomic mass is 9.96. The molecule has 5 rings (SSSR count). The third-order valence-electron chi connectivity index (χ3n) is 6.66. The van der Waals surface area contributed by atoms with Gasteiger partial charge in [-0.25, -0.2) is 4.39 Å². The number of anilines is 2. The topological polar surface area (TPSA) is 71.4 Å². The van der Waals surface area contributed by atoms with Gasteiger partial charge in [0.1, 0.15) is 12.4 Å². The molecule has 3 heterocycles. The van der Waals surface area contributed by atoms with Crippen molar-refractivity contribution in [3.8, 4) is 5.69 Å². The number of benzene rings is 2. The van der Waals surface area contributed by atoms with Gasteiger partial charge in [-0.3, -0.25) is 9.78 Å². The predicted octanol–water partition coefficient (Wildman–Crippen LogP) is 5.39. The third-order valence-corrected chi connectivity index (χ3v) is 6.97. The summed E-state index contributed by atoms with van der Waals surface area (Å²) in [5.74, 6) is -0.512. The van der Waals surface area contributed by atoms with Crippen LogP contribution in [0.2, 0.25) is 0 Å². The minimum atomic E-state index is -0.286. The van der Waals surface area contributed by atoms with Gasteiger partial charge in [-0.1, -0.05) is 12.1 Å². The second-order valence-corrected chi connectivity index (χ2v) is 9.55. The molecule has 1 aliphatic rings. The van der Waals surface area contributed by atoms with Crippen LogP contribution in [0, 0.1) is 19.7 Å². The van der Waals surface area contributed by atoms with Crippen LogP contribution in [0.1, 0.15) is 34.7 Å². The fraction of sp³-hybridized carbons (Fsp3) is 0.207. The van der Waals surface area contributed by atoms with Crippen LogP contribution in [0.25, 0.3) is 5.69 Å². The monoisotopic (exact) mass is 529 g/mol. The molecule has 2 atom stereocenters. The number of nitrogens with one attached hydrogen (secondary N) is 2. The lowest BCUT2D eigenvalue weighted by Crippen LogP contribution is -2.29. The molecule has 1 aliphatic heterocycles. The van der Waals surface area contributed by atoms with Crippen molar-refractivity contribution >= 4 is 34.6 Å².